The van der Waals surface area contributed by atoms with E-state index in [-0.39, 0.29) is 16.9 Å². The summed E-state index contributed by atoms with van der Waals surface area (Å²) in [5, 5.41) is 11.5. The Labute approximate surface area is 211 Å². The number of carbonyl (C=O) groups excluding carboxylic acids is 2. The van der Waals surface area contributed by atoms with E-state index in [4.69, 9.17) is 18.9 Å². The van der Waals surface area contributed by atoms with Gasteiger partial charge in [0, 0.05) is 6.54 Å². The maximum atomic E-state index is 13.4. The predicted molar refractivity (Wildman–Crippen MR) is 136 cm³/mol. The Morgan fingerprint density at radius 2 is 1.61 bits per heavy atom. The average Bonchev–Trinajstić information content (AvgIpc) is 3.13. The van der Waals surface area contributed by atoms with Gasteiger partial charge in [-0.05, 0) is 63.8 Å². The molecule has 0 aliphatic carbocycles. The molecule has 0 spiro atoms. The summed E-state index contributed by atoms with van der Waals surface area (Å²) < 4.78 is 22.0. The van der Waals surface area contributed by atoms with E-state index in [1.165, 1.54) is 26.2 Å². The molecule has 194 valence electrons. The Morgan fingerprint density at radius 3 is 2.17 bits per heavy atom. The number of ether oxygens (including phenoxy) is 4. The molecule has 1 saturated heterocycles. The molecule has 0 radical (unpaired) electrons. The largest absolute Gasteiger partial charge is 0.506 e. The maximum absolute atomic E-state index is 13.4. The van der Waals surface area contributed by atoms with E-state index in [1.807, 2.05) is 25.9 Å². The molecular formula is C27H34N2O7. The van der Waals surface area contributed by atoms with Gasteiger partial charge in [-0.3, -0.25) is 9.59 Å². The fourth-order valence-electron chi connectivity index (χ4n) is 4.36. The Kier molecular flexibility index (Phi) is 8.82. The molecule has 1 N–H and O–H groups in total. The number of aliphatic hydroxyl groups excluding tert-OH is 1. The van der Waals surface area contributed by atoms with Gasteiger partial charge in [0.1, 0.15) is 22.8 Å². The molecule has 0 bridgehead atoms. The van der Waals surface area contributed by atoms with Crippen LogP contribution in [0.5, 0.6) is 23.0 Å². The van der Waals surface area contributed by atoms with E-state index in [2.05, 4.69) is 0 Å². The first kappa shape index (κ1) is 26.9. The number of hydrogen-bond acceptors (Lipinski definition) is 8. The fourth-order valence-corrected chi connectivity index (χ4v) is 4.36. The minimum Gasteiger partial charge on any atom is -0.506 e. The molecule has 1 aliphatic heterocycles. The topological polar surface area (TPSA) is 97.8 Å². The van der Waals surface area contributed by atoms with Gasteiger partial charge in [-0.15, -0.1) is 0 Å². The summed E-state index contributed by atoms with van der Waals surface area (Å²) in [5.74, 6) is -0.189. The van der Waals surface area contributed by atoms with Gasteiger partial charge in [-0.2, -0.15) is 0 Å². The highest BCUT2D eigenvalue weighted by Crippen LogP contribution is 2.44. The Bertz CT molecular complexity index is 1120. The highest BCUT2D eigenvalue weighted by atomic mass is 16.5. The van der Waals surface area contributed by atoms with E-state index in [1.54, 1.807) is 36.4 Å². The zero-order valence-corrected chi connectivity index (χ0v) is 21.7. The van der Waals surface area contributed by atoms with Gasteiger partial charge in [0.05, 0.1) is 39.6 Å². The zero-order valence-electron chi connectivity index (χ0n) is 21.7. The summed E-state index contributed by atoms with van der Waals surface area (Å²) in [4.78, 5) is 30.1. The lowest BCUT2D eigenvalue weighted by atomic mass is 9.94. The Morgan fingerprint density at radius 1 is 0.972 bits per heavy atom. The number of rotatable bonds is 11. The van der Waals surface area contributed by atoms with Crippen molar-refractivity contribution in [1.82, 2.24) is 9.80 Å². The number of hydrogen-bond donors (Lipinski definition) is 1. The average molecular weight is 499 g/mol. The van der Waals surface area contributed by atoms with E-state index in [0.717, 1.165) is 6.54 Å². The van der Waals surface area contributed by atoms with E-state index >= 15 is 0 Å². The van der Waals surface area contributed by atoms with Crippen LogP contribution in [-0.2, 0) is 9.59 Å². The van der Waals surface area contributed by atoms with Crippen LogP contribution in [0.2, 0.25) is 0 Å². The minimum atomic E-state index is -0.841. The summed E-state index contributed by atoms with van der Waals surface area (Å²) >= 11 is 0. The summed E-state index contributed by atoms with van der Waals surface area (Å²) in [6, 6.07) is 9.42. The van der Waals surface area contributed by atoms with Crippen molar-refractivity contribution in [2.45, 2.75) is 19.4 Å². The number of amides is 1. The molecule has 0 aromatic heterocycles. The minimum absolute atomic E-state index is 0.0427. The number of methoxy groups -OCH3 is 3. The van der Waals surface area contributed by atoms with Crippen molar-refractivity contribution < 1.29 is 33.6 Å². The molecule has 36 heavy (non-hydrogen) atoms. The third-order valence-corrected chi connectivity index (χ3v) is 6.01. The quantitative estimate of drug-likeness (QED) is 0.286. The van der Waals surface area contributed by atoms with E-state index in [9.17, 15) is 14.7 Å². The van der Waals surface area contributed by atoms with Crippen LogP contribution in [-0.4, -0.2) is 81.7 Å². The van der Waals surface area contributed by atoms with Gasteiger partial charge < -0.3 is 33.9 Å². The van der Waals surface area contributed by atoms with Crippen LogP contribution in [0.25, 0.3) is 5.76 Å². The number of carbonyl (C=O) groups is 2. The Balaban J connectivity index is 2.23. The van der Waals surface area contributed by atoms with Gasteiger partial charge in [-0.1, -0.05) is 12.1 Å². The number of nitrogens with zero attached hydrogens (tertiary/aromatic N) is 2. The smallest absolute Gasteiger partial charge is 0.295 e. The number of aliphatic hydroxyl groups is 1. The van der Waals surface area contributed by atoms with Crippen LogP contribution < -0.4 is 18.9 Å². The first-order valence-electron chi connectivity index (χ1n) is 11.7. The van der Waals surface area contributed by atoms with Gasteiger partial charge in [0.2, 0.25) is 0 Å². The molecule has 1 heterocycles. The van der Waals surface area contributed by atoms with Crippen molar-refractivity contribution in [1.29, 1.82) is 0 Å². The molecule has 2 aromatic rings. The monoisotopic (exact) mass is 498 g/mol. The highest BCUT2D eigenvalue weighted by molar-refractivity contribution is 6.46. The van der Waals surface area contributed by atoms with Crippen LogP contribution in [0, 0.1) is 0 Å². The summed E-state index contributed by atoms with van der Waals surface area (Å²) in [6.45, 7) is 3.37. The normalized spacial score (nSPS) is 17.0. The third-order valence-electron chi connectivity index (χ3n) is 6.01. The number of ketones is 1. The summed E-state index contributed by atoms with van der Waals surface area (Å²) in [7, 11) is 8.32. The summed E-state index contributed by atoms with van der Waals surface area (Å²) in [6.07, 6.45) is 0.642. The first-order chi connectivity index (χ1) is 17.3. The predicted octanol–water partition coefficient (Wildman–Crippen LogP) is 3.48. The second-order valence-electron chi connectivity index (χ2n) is 8.53. The second kappa shape index (κ2) is 11.8. The van der Waals surface area contributed by atoms with Crippen molar-refractivity contribution in [3.63, 3.8) is 0 Å². The van der Waals surface area contributed by atoms with Crippen LogP contribution >= 0.6 is 0 Å². The number of likely N-dealkylation sites (tertiary alicyclic amines) is 1. The standard InChI is InChI=1S/C27H34N2O7/c1-7-36-18-13-12-17(16-21(18)35-6)24-23(26(31)27(32)29(24)15-9-14-28(2)3)25(30)22-19(33-4)10-8-11-20(22)34-5/h8,10-13,16,24,30H,7,9,14-15H2,1-6H3/b25-23+. The molecule has 0 saturated carbocycles. The second-order valence-corrected chi connectivity index (χ2v) is 8.53. The van der Waals surface area contributed by atoms with E-state index < -0.39 is 17.7 Å². The number of benzene rings is 2. The molecule has 9 nitrogen and oxygen atoms in total. The fraction of sp³-hybridized carbons (Fsp3) is 0.407. The van der Waals surface area contributed by atoms with Crippen LogP contribution in [0.4, 0.5) is 0 Å². The molecule has 1 amide bonds. The maximum Gasteiger partial charge on any atom is 0.295 e. The lowest BCUT2D eigenvalue weighted by Gasteiger charge is -2.26. The first-order valence-corrected chi connectivity index (χ1v) is 11.7. The van der Waals surface area contributed by atoms with Crippen molar-refractivity contribution in [2.24, 2.45) is 0 Å². The van der Waals surface area contributed by atoms with E-state index in [0.29, 0.717) is 48.1 Å². The highest BCUT2D eigenvalue weighted by Gasteiger charge is 2.46. The molecule has 1 atom stereocenters. The molecular weight excluding hydrogens is 464 g/mol. The SMILES string of the molecule is CCOc1ccc(C2/C(=C(\O)c3c(OC)cccc3OC)C(=O)C(=O)N2CCCN(C)C)cc1OC. The molecule has 1 unspecified atom stereocenters. The lowest BCUT2D eigenvalue weighted by molar-refractivity contribution is -0.139. The van der Waals surface area contributed by atoms with Crippen molar-refractivity contribution >= 4 is 17.4 Å². The zero-order chi connectivity index (χ0) is 26.4. The van der Waals surface area contributed by atoms with Gasteiger partial charge in [0.25, 0.3) is 11.7 Å². The van der Waals surface area contributed by atoms with Crippen LogP contribution in [0.3, 0.4) is 0 Å². The van der Waals surface area contributed by atoms with Crippen molar-refractivity contribution in [3.05, 3.63) is 53.1 Å². The molecule has 1 fully saturated rings. The van der Waals surface area contributed by atoms with Crippen LogP contribution in [0.15, 0.2) is 42.0 Å². The third kappa shape index (κ3) is 5.26. The van der Waals surface area contributed by atoms with Crippen molar-refractivity contribution in [2.75, 3.05) is 55.1 Å². The number of Topliss-reactive ketones (excluding diaryl/α,β-unsaturated/α-hetero) is 1. The molecule has 9 heteroatoms. The molecule has 1 aliphatic rings. The van der Waals surface area contributed by atoms with Gasteiger partial charge in [0.15, 0.2) is 11.5 Å². The molecule has 2 aromatic carbocycles. The Hall–Kier alpha value is -3.72. The van der Waals surface area contributed by atoms with Gasteiger partial charge in [-0.25, -0.2) is 0 Å². The molecule has 3 rings (SSSR count). The van der Waals surface area contributed by atoms with Gasteiger partial charge >= 0.3 is 0 Å². The van der Waals surface area contributed by atoms with Crippen molar-refractivity contribution in [3.8, 4) is 23.0 Å². The lowest BCUT2D eigenvalue weighted by Crippen LogP contribution is -2.32. The van der Waals surface area contributed by atoms with Crippen LogP contribution in [0.1, 0.15) is 30.5 Å². The summed E-state index contributed by atoms with van der Waals surface area (Å²) in [5.41, 5.74) is 0.769.